The Labute approximate surface area is 183 Å². The van der Waals surface area contributed by atoms with Crippen LogP contribution in [0.5, 0.6) is 0 Å². The van der Waals surface area contributed by atoms with E-state index in [4.69, 9.17) is 13.7 Å². The Morgan fingerprint density at radius 3 is 2.52 bits per heavy atom. The van der Waals surface area contributed by atoms with E-state index >= 15 is 0 Å². The molecule has 0 N–H and O–H groups in total. The van der Waals surface area contributed by atoms with E-state index in [0.29, 0.717) is 6.61 Å². The molecular weight excluding hydrogens is 456 g/mol. The summed E-state index contributed by atoms with van der Waals surface area (Å²) in [6, 6.07) is 6.78. The first-order valence-electron chi connectivity index (χ1n) is 10.5. The molecule has 1 aromatic rings. The van der Waals surface area contributed by atoms with Gasteiger partial charge in [0, 0.05) is 11.9 Å². The molecule has 0 radical (unpaired) electrons. The van der Waals surface area contributed by atoms with Crippen LogP contribution in [0, 0.1) is 23.7 Å². The highest BCUT2D eigenvalue weighted by Crippen LogP contribution is 2.57. The zero-order chi connectivity index (χ0) is 21.1. The number of hydrogen-bond acceptors (Lipinski definition) is 5. The highest BCUT2D eigenvalue weighted by Gasteiger charge is 2.54. The van der Waals surface area contributed by atoms with Gasteiger partial charge in [0.15, 0.2) is 6.29 Å². The smallest absolute Gasteiger partial charge is 0.296 e. The summed E-state index contributed by atoms with van der Waals surface area (Å²) in [6.07, 6.45) is 4.97. The summed E-state index contributed by atoms with van der Waals surface area (Å²) in [6.45, 7) is 7.95. The van der Waals surface area contributed by atoms with Crippen LogP contribution < -0.4 is 0 Å². The average molecular weight is 489 g/mol. The summed E-state index contributed by atoms with van der Waals surface area (Å²) in [5, 5.41) is 0.768. The van der Waals surface area contributed by atoms with Crippen molar-refractivity contribution in [3.05, 3.63) is 29.8 Å². The maximum atomic E-state index is 12.6. The standard InChI is InChI=1S/C22H33BrO5S/c1-17-7-9-19(10-8-17)29(24,25)28-14-18-11-12-21(2,22(18,3)15-23)16-27-20-6-4-5-13-26-20/h7-10,18,20H,4-6,11-16H2,1-3H3/t18-,20?,21+,22+/m0/s1. The molecule has 0 bridgehead atoms. The van der Waals surface area contributed by atoms with Gasteiger partial charge in [-0.3, -0.25) is 4.18 Å². The maximum absolute atomic E-state index is 12.6. The largest absolute Gasteiger partial charge is 0.353 e. The van der Waals surface area contributed by atoms with Gasteiger partial charge in [0.05, 0.1) is 18.1 Å². The van der Waals surface area contributed by atoms with Crippen LogP contribution in [0.4, 0.5) is 0 Å². The van der Waals surface area contributed by atoms with Gasteiger partial charge in [-0.05, 0) is 67.9 Å². The molecule has 7 heteroatoms. The van der Waals surface area contributed by atoms with Gasteiger partial charge in [-0.15, -0.1) is 0 Å². The molecule has 2 fully saturated rings. The molecule has 0 aromatic heterocycles. The third kappa shape index (κ3) is 5.06. The molecule has 1 heterocycles. The number of benzene rings is 1. The summed E-state index contributed by atoms with van der Waals surface area (Å²) in [4.78, 5) is 0.210. The Morgan fingerprint density at radius 1 is 1.17 bits per heavy atom. The second-order valence-electron chi connectivity index (χ2n) is 9.01. The van der Waals surface area contributed by atoms with Crippen molar-refractivity contribution in [3.63, 3.8) is 0 Å². The Morgan fingerprint density at radius 2 is 1.90 bits per heavy atom. The van der Waals surface area contributed by atoms with E-state index in [-0.39, 0.29) is 34.5 Å². The Balaban J connectivity index is 1.64. The summed E-state index contributed by atoms with van der Waals surface area (Å²) in [7, 11) is -3.76. The number of aryl methyl sites for hydroxylation is 1. The summed E-state index contributed by atoms with van der Waals surface area (Å²) in [5.74, 6) is 0.128. The fourth-order valence-electron chi connectivity index (χ4n) is 4.43. The second-order valence-corrected chi connectivity index (χ2v) is 11.2. The molecule has 1 aliphatic carbocycles. The number of halogens is 1. The zero-order valence-electron chi connectivity index (χ0n) is 17.7. The lowest BCUT2D eigenvalue weighted by Gasteiger charge is -2.44. The van der Waals surface area contributed by atoms with Crippen molar-refractivity contribution < 1.29 is 22.1 Å². The van der Waals surface area contributed by atoms with E-state index in [1.54, 1.807) is 24.3 Å². The lowest BCUT2D eigenvalue weighted by atomic mass is 9.66. The van der Waals surface area contributed by atoms with E-state index in [2.05, 4.69) is 29.8 Å². The first kappa shape index (κ1) is 23.2. The van der Waals surface area contributed by atoms with Gasteiger partial charge in [-0.1, -0.05) is 47.5 Å². The Kier molecular flexibility index (Phi) is 7.48. The molecule has 2 aliphatic rings. The van der Waals surface area contributed by atoms with Crippen molar-refractivity contribution in [1.29, 1.82) is 0 Å². The fraction of sp³-hybridized carbons (Fsp3) is 0.727. The van der Waals surface area contributed by atoms with Crippen LogP contribution in [0.1, 0.15) is 51.5 Å². The SMILES string of the molecule is Cc1ccc(S(=O)(=O)OC[C@@H]2CC[C@](C)(COC3CCCCO3)[C@]2(C)CBr)cc1. The Hall–Kier alpha value is -0.470. The van der Waals surface area contributed by atoms with Gasteiger partial charge >= 0.3 is 0 Å². The van der Waals surface area contributed by atoms with Crippen molar-refractivity contribution in [2.45, 2.75) is 64.1 Å². The molecule has 1 saturated carbocycles. The normalized spacial score (nSPS) is 33.1. The first-order valence-corrected chi connectivity index (χ1v) is 13.0. The third-order valence-electron chi connectivity index (χ3n) is 7.06. The quantitative estimate of drug-likeness (QED) is 0.377. The highest BCUT2D eigenvalue weighted by atomic mass is 79.9. The van der Waals surface area contributed by atoms with E-state index in [1.165, 1.54) is 0 Å². The zero-order valence-corrected chi connectivity index (χ0v) is 20.1. The molecule has 1 unspecified atom stereocenters. The van der Waals surface area contributed by atoms with Crippen molar-refractivity contribution in [3.8, 4) is 0 Å². The molecular formula is C22H33BrO5S. The van der Waals surface area contributed by atoms with E-state index in [1.807, 2.05) is 6.92 Å². The van der Waals surface area contributed by atoms with Crippen LogP contribution in [0.2, 0.25) is 0 Å². The number of alkyl halides is 1. The molecule has 0 amide bonds. The molecule has 0 spiro atoms. The summed E-state index contributed by atoms with van der Waals surface area (Å²) in [5.41, 5.74) is 0.813. The lowest BCUT2D eigenvalue weighted by molar-refractivity contribution is -0.186. The molecule has 1 aliphatic heterocycles. The molecule has 29 heavy (non-hydrogen) atoms. The van der Waals surface area contributed by atoms with Crippen molar-refractivity contribution >= 4 is 26.0 Å². The molecule has 164 valence electrons. The average Bonchev–Trinajstić information content (AvgIpc) is 2.97. The lowest BCUT2D eigenvalue weighted by Crippen LogP contribution is -2.44. The minimum absolute atomic E-state index is 0.0705. The molecule has 1 saturated heterocycles. The van der Waals surface area contributed by atoms with Gasteiger partial charge in [0.1, 0.15) is 0 Å². The highest BCUT2D eigenvalue weighted by molar-refractivity contribution is 9.09. The van der Waals surface area contributed by atoms with Crippen LogP contribution >= 0.6 is 15.9 Å². The predicted octanol–water partition coefficient (Wildman–Crippen LogP) is 5.06. The van der Waals surface area contributed by atoms with E-state index in [9.17, 15) is 8.42 Å². The molecule has 1 aromatic carbocycles. The second kappa shape index (κ2) is 9.35. The van der Waals surface area contributed by atoms with E-state index < -0.39 is 10.1 Å². The van der Waals surface area contributed by atoms with Crippen LogP contribution in [0.25, 0.3) is 0 Å². The van der Waals surface area contributed by atoms with Gasteiger partial charge in [-0.2, -0.15) is 8.42 Å². The minimum atomic E-state index is -3.76. The fourth-order valence-corrected chi connectivity index (χ4v) is 6.51. The van der Waals surface area contributed by atoms with Crippen molar-refractivity contribution in [1.82, 2.24) is 0 Å². The van der Waals surface area contributed by atoms with Crippen LogP contribution in [-0.2, 0) is 23.8 Å². The van der Waals surface area contributed by atoms with E-state index in [0.717, 1.165) is 49.6 Å². The van der Waals surface area contributed by atoms with Crippen LogP contribution in [0.3, 0.4) is 0 Å². The molecule has 3 rings (SSSR count). The summed E-state index contributed by atoms with van der Waals surface area (Å²) < 4.78 is 42.6. The summed E-state index contributed by atoms with van der Waals surface area (Å²) >= 11 is 3.70. The van der Waals surface area contributed by atoms with Crippen molar-refractivity contribution in [2.75, 3.05) is 25.2 Å². The van der Waals surface area contributed by atoms with Gasteiger partial charge in [0.25, 0.3) is 10.1 Å². The third-order valence-corrected chi connectivity index (χ3v) is 9.52. The predicted molar refractivity (Wildman–Crippen MR) is 117 cm³/mol. The van der Waals surface area contributed by atoms with Gasteiger partial charge in [-0.25, -0.2) is 0 Å². The van der Waals surface area contributed by atoms with Crippen LogP contribution in [-0.4, -0.2) is 39.9 Å². The maximum Gasteiger partial charge on any atom is 0.296 e. The monoisotopic (exact) mass is 488 g/mol. The number of rotatable bonds is 8. The minimum Gasteiger partial charge on any atom is -0.353 e. The number of hydrogen-bond donors (Lipinski definition) is 0. The first-order chi connectivity index (χ1) is 13.7. The van der Waals surface area contributed by atoms with Crippen molar-refractivity contribution in [2.24, 2.45) is 16.7 Å². The number of ether oxygens (including phenoxy) is 2. The van der Waals surface area contributed by atoms with Crippen LogP contribution in [0.15, 0.2) is 29.2 Å². The van der Waals surface area contributed by atoms with Gasteiger partial charge in [0.2, 0.25) is 0 Å². The Bertz CT molecular complexity index is 775. The topological polar surface area (TPSA) is 61.8 Å². The van der Waals surface area contributed by atoms with Gasteiger partial charge < -0.3 is 9.47 Å². The molecule has 5 nitrogen and oxygen atoms in total. The molecule has 4 atom stereocenters.